The van der Waals surface area contributed by atoms with Gasteiger partial charge < -0.3 is 19.9 Å². The van der Waals surface area contributed by atoms with Crippen molar-refractivity contribution >= 4 is 34.2 Å². The Morgan fingerprint density at radius 3 is 2.52 bits per heavy atom. The molecule has 46 heavy (non-hydrogen) atoms. The maximum atomic E-state index is 15.8. The van der Waals surface area contributed by atoms with Crippen molar-refractivity contribution in [1.82, 2.24) is 29.7 Å². The van der Waals surface area contributed by atoms with Crippen LogP contribution in [-0.2, 0) is 30.8 Å². The number of hydrogen-bond acceptors (Lipinski definition) is 8. The lowest BCUT2D eigenvalue weighted by Crippen LogP contribution is -2.54. The molecule has 4 aromatic rings. The average molecular weight is 650 g/mol. The van der Waals surface area contributed by atoms with Gasteiger partial charge in [0.2, 0.25) is 5.91 Å². The van der Waals surface area contributed by atoms with Gasteiger partial charge in [0.1, 0.15) is 24.3 Å². The van der Waals surface area contributed by atoms with Crippen LogP contribution in [0.2, 0.25) is 5.02 Å². The minimum atomic E-state index is -1.05. The number of amides is 1. The molecule has 4 heterocycles. The maximum absolute atomic E-state index is 15.8. The first-order valence-corrected chi connectivity index (χ1v) is 15.6. The number of hydrogen-bond donors (Lipinski definition) is 1. The molecule has 13 heteroatoms. The van der Waals surface area contributed by atoms with Crippen molar-refractivity contribution in [3.05, 3.63) is 80.8 Å². The van der Waals surface area contributed by atoms with Crippen LogP contribution in [0.3, 0.4) is 0 Å². The Bertz CT molecular complexity index is 1940. The summed E-state index contributed by atoms with van der Waals surface area (Å²) in [4.78, 5) is 43.9. The Morgan fingerprint density at radius 1 is 1.17 bits per heavy atom. The van der Waals surface area contributed by atoms with Crippen molar-refractivity contribution < 1.29 is 18.3 Å². The van der Waals surface area contributed by atoms with Crippen LogP contribution in [0.25, 0.3) is 27.7 Å². The van der Waals surface area contributed by atoms with Crippen molar-refractivity contribution in [3.63, 3.8) is 0 Å². The van der Waals surface area contributed by atoms with Gasteiger partial charge in [0, 0.05) is 54.3 Å². The summed E-state index contributed by atoms with van der Waals surface area (Å²) in [7, 11) is 1.71. The number of aromatic nitrogens is 4. The Hall–Kier alpha value is -4.42. The largest absolute Gasteiger partial charge is 0.486 e. The zero-order valence-electron chi connectivity index (χ0n) is 26.1. The molecule has 1 amide bonds. The highest BCUT2D eigenvalue weighted by Crippen LogP contribution is 2.50. The van der Waals surface area contributed by atoms with Crippen molar-refractivity contribution in [2.24, 2.45) is 0 Å². The summed E-state index contributed by atoms with van der Waals surface area (Å²) >= 11 is 6.98. The van der Waals surface area contributed by atoms with Gasteiger partial charge in [0.05, 0.1) is 22.1 Å². The van der Waals surface area contributed by atoms with E-state index in [0.29, 0.717) is 77.4 Å². The molecule has 0 radical (unpaired) electrons. The van der Waals surface area contributed by atoms with Crippen LogP contribution in [0.1, 0.15) is 43.3 Å². The van der Waals surface area contributed by atoms with Gasteiger partial charge in [-0.25, -0.2) is 23.5 Å². The van der Waals surface area contributed by atoms with Gasteiger partial charge in [-0.15, -0.1) is 0 Å². The van der Waals surface area contributed by atoms with Gasteiger partial charge in [0.25, 0.3) is 0 Å². The highest BCUT2D eigenvalue weighted by molar-refractivity contribution is 6.35. The van der Waals surface area contributed by atoms with E-state index in [4.69, 9.17) is 16.3 Å². The van der Waals surface area contributed by atoms with Gasteiger partial charge in [0.15, 0.2) is 17.4 Å². The highest BCUT2D eigenvalue weighted by atomic mass is 35.5. The van der Waals surface area contributed by atoms with Gasteiger partial charge in [-0.1, -0.05) is 32.0 Å². The first-order valence-electron chi connectivity index (χ1n) is 15.2. The van der Waals surface area contributed by atoms with E-state index in [-0.39, 0.29) is 47.0 Å². The molecule has 2 aliphatic heterocycles. The Labute approximate surface area is 269 Å². The zero-order chi connectivity index (χ0) is 32.9. The lowest BCUT2D eigenvalue weighted by atomic mass is 9.91. The molecule has 0 spiro atoms. The predicted molar refractivity (Wildman–Crippen MR) is 173 cm³/mol. The fourth-order valence-electron chi connectivity index (χ4n) is 6.57. The number of fused-ring (bicyclic) bond motifs is 5. The van der Waals surface area contributed by atoms with Crippen LogP contribution in [0, 0.1) is 11.6 Å². The molecule has 1 N–H and O–H groups in total. The number of ether oxygens (including phenoxy) is 1. The summed E-state index contributed by atoms with van der Waals surface area (Å²) < 4.78 is 38.7. The van der Waals surface area contributed by atoms with Crippen LogP contribution < -0.4 is 20.6 Å². The van der Waals surface area contributed by atoms with Crippen molar-refractivity contribution in [1.29, 1.82) is 0 Å². The van der Waals surface area contributed by atoms with Gasteiger partial charge in [-0.05, 0) is 50.6 Å². The topological polar surface area (TPSA) is 105 Å². The number of carbonyl (C=O) groups is 1. The van der Waals surface area contributed by atoms with Gasteiger partial charge in [-0.2, -0.15) is 4.98 Å². The van der Waals surface area contributed by atoms with E-state index in [1.54, 1.807) is 18.0 Å². The SMILES string of the molecule is C=CC(=O)N1CCN(c2nc(=O)n(-c3c(CC)ncnc3CC)c3c4c(c(Cl)cc23)-c2c(F)c(F)cc(CNC)c2CO4)[C@@H](C)C1. The van der Waals surface area contributed by atoms with Crippen LogP contribution in [0.5, 0.6) is 5.75 Å². The molecule has 1 atom stereocenters. The van der Waals surface area contributed by atoms with Crippen LogP contribution >= 0.6 is 11.6 Å². The van der Waals surface area contributed by atoms with E-state index in [1.165, 1.54) is 17.0 Å². The second-order valence-corrected chi connectivity index (χ2v) is 11.8. The van der Waals surface area contributed by atoms with E-state index in [2.05, 4.69) is 26.8 Å². The van der Waals surface area contributed by atoms with E-state index in [9.17, 15) is 9.59 Å². The zero-order valence-corrected chi connectivity index (χ0v) is 26.8. The van der Waals surface area contributed by atoms with Crippen molar-refractivity contribution in [2.75, 3.05) is 31.6 Å². The Balaban J connectivity index is 1.72. The molecule has 0 aliphatic carbocycles. The highest BCUT2D eigenvalue weighted by Gasteiger charge is 2.35. The summed E-state index contributed by atoms with van der Waals surface area (Å²) in [5.74, 6) is -1.76. The monoisotopic (exact) mass is 649 g/mol. The molecule has 2 aliphatic rings. The molecule has 10 nitrogen and oxygen atoms in total. The number of carbonyl (C=O) groups excluding carboxylic acids is 1. The van der Waals surface area contributed by atoms with Crippen LogP contribution in [-0.4, -0.2) is 63.0 Å². The molecule has 0 unspecified atom stereocenters. The normalized spacial score (nSPS) is 15.8. The second kappa shape index (κ2) is 12.4. The van der Waals surface area contributed by atoms with Crippen molar-refractivity contribution in [3.8, 4) is 22.6 Å². The number of anilines is 1. The van der Waals surface area contributed by atoms with Gasteiger partial charge >= 0.3 is 5.69 Å². The molecule has 1 fully saturated rings. The summed E-state index contributed by atoms with van der Waals surface area (Å²) in [6.45, 7) is 10.7. The number of nitrogens with zero attached hydrogens (tertiary/aromatic N) is 6. The molecular formula is C33H34ClF2N7O3. The molecule has 2 aromatic heterocycles. The maximum Gasteiger partial charge on any atom is 0.354 e. The molecule has 2 aromatic carbocycles. The lowest BCUT2D eigenvalue weighted by Gasteiger charge is -2.40. The average Bonchev–Trinajstić information content (AvgIpc) is 3.06. The number of rotatable bonds is 7. The first-order chi connectivity index (χ1) is 22.1. The van der Waals surface area contributed by atoms with Gasteiger partial charge in [-0.3, -0.25) is 9.36 Å². The molecule has 0 bridgehead atoms. The third kappa shape index (κ3) is 5.00. The van der Waals surface area contributed by atoms with E-state index in [0.717, 1.165) is 6.07 Å². The summed E-state index contributed by atoms with van der Waals surface area (Å²) in [6, 6.07) is 2.56. The number of aryl methyl sites for hydroxylation is 2. The molecule has 0 saturated carbocycles. The summed E-state index contributed by atoms with van der Waals surface area (Å²) in [6.07, 6.45) is 3.72. The van der Waals surface area contributed by atoms with Crippen molar-refractivity contribution in [2.45, 2.75) is 52.8 Å². The van der Waals surface area contributed by atoms with Crippen LogP contribution in [0.4, 0.5) is 14.6 Å². The molecular weight excluding hydrogens is 616 g/mol. The third-order valence-electron chi connectivity index (χ3n) is 8.72. The minimum Gasteiger partial charge on any atom is -0.486 e. The number of piperazine rings is 1. The Morgan fingerprint density at radius 2 is 1.89 bits per heavy atom. The number of benzene rings is 2. The smallest absolute Gasteiger partial charge is 0.354 e. The lowest BCUT2D eigenvalue weighted by molar-refractivity contribution is -0.126. The molecule has 240 valence electrons. The summed E-state index contributed by atoms with van der Waals surface area (Å²) in [5, 5.41) is 3.58. The van der Waals surface area contributed by atoms with E-state index in [1.807, 2.05) is 25.7 Å². The minimum absolute atomic E-state index is 0.00331. The number of halogens is 3. The summed E-state index contributed by atoms with van der Waals surface area (Å²) in [5.41, 5.74) is 2.52. The quantitative estimate of drug-likeness (QED) is 0.287. The van der Waals surface area contributed by atoms with E-state index < -0.39 is 17.3 Å². The second-order valence-electron chi connectivity index (χ2n) is 11.4. The predicted octanol–water partition coefficient (Wildman–Crippen LogP) is 4.73. The number of nitrogens with one attached hydrogen (secondary N) is 1. The van der Waals surface area contributed by atoms with E-state index >= 15 is 8.78 Å². The fourth-order valence-corrected chi connectivity index (χ4v) is 6.86. The Kier molecular flexibility index (Phi) is 8.51. The molecule has 1 saturated heterocycles. The van der Waals surface area contributed by atoms with Crippen LogP contribution in [0.15, 0.2) is 35.9 Å². The standard InChI is InChI=1S/C33H34ClF2N7O3/c1-6-23-30(24(7-2)39-16-38-23)43-29-19(32(40-33(43)45)42-10-9-41(14-17(42)4)25(44)8-3)12-21(34)27-26-20(15-46-31(27)29)18(13-37-5)11-22(35)28(26)36/h8,11-12,16-17,37H,3,6-7,9-10,13-15H2,1-2,4-5H3/t17-/m0/s1. The molecule has 6 rings (SSSR count). The first kappa shape index (κ1) is 31.6. The third-order valence-corrected chi connectivity index (χ3v) is 9.01. The fraction of sp³-hybridized carbons (Fsp3) is 0.364.